The molecule has 0 atom stereocenters. The lowest BCUT2D eigenvalue weighted by Crippen LogP contribution is -2.05. The highest BCUT2D eigenvalue weighted by atomic mass is 32.1. The summed E-state index contributed by atoms with van der Waals surface area (Å²) >= 11 is 1.72. The van der Waals surface area contributed by atoms with E-state index in [2.05, 4.69) is 56.2 Å². The third-order valence-corrected chi connectivity index (χ3v) is 6.95. The average molecular weight is 470 g/mol. The van der Waals surface area contributed by atoms with E-state index in [1.165, 1.54) is 4.88 Å². The molecule has 0 N–H and O–H groups in total. The number of ether oxygens (including phenoxy) is 1. The van der Waals surface area contributed by atoms with Crippen molar-refractivity contribution in [3.8, 4) is 28.5 Å². The number of aromatic nitrogens is 7. The van der Waals surface area contributed by atoms with Crippen LogP contribution in [0.1, 0.15) is 39.9 Å². The summed E-state index contributed by atoms with van der Waals surface area (Å²) in [5.74, 6) is 1.49. The van der Waals surface area contributed by atoms with Crippen molar-refractivity contribution in [2.45, 2.75) is 39.2 Å². The molecule has 0 bridgehead atoms. The number of hydrogen-bond donors (Lipinski definition) is 0. The zero-order valence-corrected chi connectivity index (χ0v) is 20.0. The quantitative estimate of drug-likeness (QED) is 0.347. The molecule has 8 nitrogen and oxygen atoms in total. The Labute approximate surface area is 200 Å². The van der Waals surface area contributed by atoms with Crippen LogP contribution in [0, 0.1) is 13.8 Å². The van der Waals surface area contributed by atoms with E-state index < -0.39 is 0 Å². The first kappa shape index (κ1) is 20.9. The minimum absolute atomic E-state index is 0.416. The van der Waals surface area contributed by atoms with Gasteiger partial charge in [-0.15, -0.1) is 11.3 Å². The van der Waals surface area contributed by atoms with E-state index in [1.807, 2.05) is 11.6 Å². The second-order valence-corrected chi connectivity index (χ2v) is 9.93. The van der Waals surface area contributed by atoms with Crippen LogP contribution < -0.4 is 4.74 Å². The van der Waals surface area contributed by atoms with Crippen molar-refractivity contribution < 1.29 is 4.74 Å². The Kier molecular flexibility index (Phi) is 5.06. The number of benzene rings is 1. The Bertz CT molecular complexity index is 1500. The first-order chi connectivity index (χ1) is 16.6. The largest absolute Gasteiger partial charge is 0.480 e. The first-order valence-electron chi connectivity index (χ1n) is 11.2. The van der Waals surface area contributed by atoms with Crippen LogP contribution in [0.15, 0.2) is 43.0 Å². The van der Waals surface area contributed by atoms with Gasteiger partial charge in [-0.05, 0) is 32.3 Å². The summed E-state index contributed by atoms with van der Waals surface area (Å²) in [6.45, 7) is 4.76. The van der Waals surface area contributed by atoms with Gasteiger partial charge in [-0.2, -0.15) is 5.10 Å². The average Bonchev–Trinajstić information content (AvgIpc) is 3.55. The van der Waals surface area contributed by atoms with Gasteiger partial charge in [0, 0.05) is 22.6 Å². The van der Waals surface area contributed by atoms with Crippen molar-refractivity contribution in [1.29, 1.82) is 0 Å². The molecule has 5 aromatic rings. The molecule has 1 aliphatic rings. The molecular weight excluding hydrogens is 446 g/mol. The van der Waals surface area contributed by atoms with Crippen LogP contribution in [0.2, 0.25) is 0 Å². The highest BCUT2D eigenvalue weighted by Gasteiger charge is 2.31. The summed E-state index contributed by atoms with van der Waals surface area (Å²) in [6, 6.07) is 8.49. The van der Waals surface area contributed by atoms with Crippen LogP contribution in [0.25, 0.3) is 33.7 Å². The maximum Gasteiger partial charge on any atom is 0.227 e. The Balaban J connectivity index is 1.34. The molecule has 1 aliphatic carbocycles. The predicted octanol–water partition coefficient (Wildman–Crippen LogP) is 4.96. The fourth-order valence-electron chi connectivity index (χ4n) is 4.25. The molecule has 0 unspecified atom stereocenters. The van der Waals surface area contributed by atoms with Crippen molar-refractivity contribution in [2.24, 2.45) is 0 Å². The molecule has 9 heteroatoms. The van der Waals surface area contributed by atoms with Crippen molar-refractivity contribution in [3.05, 3.63) is 64.1 Å². The van der Waals surface area contributed by atoms with Gasteiger partial charge in [0.15, 0.2) is 11.5 Å². The van der Waals surface area contributed by atoms with Crippen LogP contribution in [0.3, 0.4) is 0 Å². The van der Waals surface area contributed by atoms with Gasteiger partial charge in [-0.3, -0.25) is 0 Å². The summed E-state index contributed by atoms with van der Waals surface area (Å²) in [5.41, 5.74) is 5.83. The molecule has 6 rings (SSSR count). The van der Waals surface area contributed by atoms with E-state index in [9.17, 15) is 0 Å². The number of rotatable bonds is 6. The fourth-order valence-corrected chi connectivity index (χ4v) is 5.09. The van der Waals surface area contributed by atoms with Crippen LogP contribution in [0.4, 0.5) is 0 Å². The molecular formula is C25H23N7OS. The molecule has 0 aliphatic heterocycles. The van der Waals surface area contributed by atoms with E-state index in [4.69, 9.17) is 9.72 Å². The van der Waals surface area contributed by atoms with Crippen molar-refractivity contribution >= 4 is 22.4 Å². The summed E-state index contributed by atoms with van der Waals surface area (Å²) < 4.78 is 7.44. The number of thiazole rings is 1. The first-order valence-corrected chi connectivity index (χ1v) is 12.0. The van der Waals surface area contributed by atoms with E-state index in [0.29, 0.717) is 24.2 Å². The normalized spacial score (nSPS) is 13.5. The zero-order chi connectivity index (χ0) is 23.2. The molecule has 0 radical (unpaired) electrons. The molecule has 0 amide bonds. The standard InChI is InChI=1S/C25H23N7OS/c1-14-21(30-15(2)34-14)17-6-4-16(5-7-17)12-32-24-19(11-29-32)10-26-23(31-24)20-22(18-8-9-18)27-13-28-25(20)33-3/h4-7,10-11,13,18H,8-9,12H2,1-3H3. The van der Waals surface area contributed by atoms with Gasteiger partial charge in [0.25, 0.3) is 0 Å². The Morgan fingerprint density at radius 2 is 1.85 bits per heavy atom. The minimum atomic E-state index is 0.416. The van der Waals surface area contributed by atoms with Crippen LogP contribution >= 0.6 is 11.3 Å². The van der Waals surface area contributed by atoms with E-state index in [1.54, 1.807) is 37.2 Å². The third kappa shape index (κ3) is 3.71. The number of methoxy groups -OCH3 is 1. The third-order valence-electron chi connectivity index (χ3n) is 6.06. The number of aryl methyl sites for hydroxylation is 2. The minimum Gasteiger partial charge on any atom is -0.480 e. The summed E-state index contributed by atoms with van der Waals surface area (Å²) in [7, 11) is 1.61. The number of fused-ring (bicyclic) bond motifs is 1. The topological polar surface area (TPSA) is 91.5 Å². The van der Waals surface area contributed by atoms with E-state index >= 15 is 0 Å². The van der Waals surface area contributed by atoms with Gasteiger partial charge in [-0.1, -0.05) is 24.3 Å². The molecule has 0 spiro atoms. The monoisotopic (exact) mass is 469 g/mol. The molecule has 0 saturated heterocycles. The molecule has 4 heterocycles. The second-order valence-electron chi connectivity index (χ2n) is 8.53. The van der Waals surface area contributed by atoms with Crippen molar-refractivity contribution in [3.63, 3.8) is 0 Å². The molecule has 34 heavy (non-hydrogen) atoms. The molecule has 1 fully saturated rings. The Hall–Kier alpha value is -3.72. The van der Waals surface area contributed by atoms with Crippen molar-refractivity contribution in [1.82, 2.24) is 34.7 Å². The van der Waals surface area contributed by atoms with Gasteiger partial charge >= 0.3 is 0 Å². The smallest absolute Gasteiger partial charge is 0.227 e. The SMILES string of the molecule is COc1ncnc(C2CC2)c1-c1ncc2cnn(Cc3ccc(-c4nc(C)sc4C)cc3)c2n1. The van der Waals surface area contributed by atoms with Crippen LogP contribution in [-0.4, -0.2) is 41.8 Å². The highest BCUT2D eigenvalue weighted by molar-refractivity contribution is 7.11. The zero-order valence-electron chi connectivity index (χ0n) is 19.2. The summed E-state index contributed by atoms with van der Waals surface area (Å²) in [5, 5.41) is 6.55. The van der Waals surface area contributed by atoms with Crippen LogP contribution in [0.5, 0.6) is 5.88 Å². The summed E-state index contributed by atoms with van der Waals surface area (Å²) in [4.78, 5) is 24.2. The van der Waals surface area contributed by atoms with Gasteiger partial charge < -0.3 is 4.74 Å². The van der Waals surface area contributed by atoms with E-state index in [0.717, 1.165) is 57.0 Å². The van der Waals surface area contributed by atoms with Gasteiger partial charge in [0.2, 0.25) is 5.88 Å². The lowest BCUT2D eigenvalue weighted by molar-refractivity contribution is 0.397. The van der Waals surface area contributed by atoms with Gasteiger partial charge in [0.05, 0.1) is 41.6 Å². The molecule has 170 valence electrons. The predicted molar refractivity (Wildman–Crippen MR) is 131 cm³/mol. The molecule has 1 aromatic carbocycles. The second kappa shape index (κ2) is 8.25. The van der Waals surface area contributed by atoms with Gasteiger partial charge in [-0.25, -0.2) is 29.6 Å². The lowest BCUT2D eigenvalue weighted by Gasteiger charge is -2.11. The highest BCUT2D eigenvalue weighted by Crippen LogP contribution is 2.44. The maximum absolute atomic E-state index is 5.54. The molecule has 4 aromatic heterocycles. The maximum atomic E-state index is 5.54. The van der Waals surface area contributed by atoms with Gasteiger partial charge in [0.1, 0.15) is 11.9 Å². The van der Waals surface area contributed by atoms with Crippen LogP contribution in [-0.2, 0) is 6.54 Å². The van der Waals surface area contributed by atoms with Crippen molar-refractivity contribution in [2.75, 3.05) is 7.11 Å². The lowest BCUT2D eigenvalue weighted by atomic mass is 10.1. The Morgan fingerprint density at radius 3 is 2.56 bits per heavy atom. The summed E-state index contributed by atoms with van der Waals surface area (Å²) in [6.07, 6.45) is 7.39. The van der Waals surface area contributed by atoms with E-state index in [-0.39, 0.29) is 0 Å². The Morgan fingerprint density at radius 1 is 1.03 bits per heavy atom. The number of nitrogens with zero attached hydrogens (tertiary/aromatic N) is 7. The number of hydrogen-bond acceptors (Lipinski definition) is 8. The fraction of sp³-hybridized carbons (Fsp3) is 0.280. The molecule has 1 saturated carbocycles.